The summed E-state index contributed by atoms with van der Waals surface area (Å²) in [7, 11) is -1.19. The third kappa shape index (κ3) is 6.11. The summed E-state index contributed by atoms with van der Waals surface area (Å²) in [6.07, 6.45) is 0.537. The molecule has 3 nitrogen and oxygen atoms in total. The fraction of sp³-hybridized carbons (Fsp3) is 0.182. The first-order valence-corrected chi connectivity index (χ1v) is 14.2. The van der Waals surface area contributed by atoms with E-state index in [-0.39, 0.29) is 0 Å². The van der Waals surface area contributed by atoms with Gasteiger partial charge in [0.25, 0.3) is 0 Å². The predicted molar refractivity (Wildman–Crippen MR) is 155 cm³/mol. The number of ether oxygens (including phenoxy) is 1. The zero-order valence-corrected chi connectivity index (χ0v) is 22.4. The van der Waals surface area contributed by atoms with Crippen LogP contribution in [0.4, 0.5) is 0 Å². The molecule has 0 fully saturated rings. The smallest absolute Gasteiger partial charge is 0.343 e. The first-order valence-electron chi connectivity index (χ1n) is 12.5. The third-order valence-corrected chi connectivity index (χ3v) is 9.99. The topological polar surface area (TPSA) is 38.7 Å². The second-order valence-corrected chi connectivity index (χ2v) is 12.1. The lowest BCUT2D eigenvalue weighted by atomic mass is 10.0. The van der Waals surface area contributed by atoms with Crippen LogP contribution < -0.4 is 15.9 Å². The summed E-state index contributed by atoms with van der Waals surface area (Å²) >= 11 is 0. The van der Waals surface area contributed by atoms with Crippen LogP contribution in [0.25, 0.3) is 0 Å². The van der Waals surface area contributed by atoms with Gasteiger partial charge in [0.2, 0.25) is 6.04 Å². The first kappa shape index (κ1) is 26.2. The van der Waals surface area contributed by atoms with Crippen molar-refractivity contribution in [2.24, 2.45) is 4.74 Å². The molecular formula is C33H32NO2P. The van der Waals surface area contributed by atoms with Crippen molar-refractivity contribution in [2.75, 3.05) is 7.11 Å². The average molecular weight is 506 g/mol. The van der Waals surface area contributed by atoms with E-state index in [0.717, 1.165) is 21.5 Å². The molecule has 0 radical (unpaired) electrons. The Morgan fingerprint density at radius 1 is 0.757 bits per heavy atom. The largest absolute Gasteiger partial charge is 0.467 e. The normalized spacial score (nSPS) is 11.8. The van der Waals surface area contributed by atoms with Crippen molar-refractivity contribution in [1.82, 2.24) is 0 Å². The molecule has 0 N–H and O–H groups in total. The highest BCUT2D eigenvalue weighted by Crippen LogP contribution is 2.47. The van der Waals surface area contributed by atoms with E-state index in [4.69, 9.17) is 9.48 Å². The highest BCUT2D eigenvalue weighted by Gasteiger charge is 2.30. The van der Waals surface area contributed by atoms with E-state index >= 15 is 0 Å². The van der Waals surface area contributed by atoms with E-state index in [1.165, 1.54) is 12.7 Å². The van der Waals surface area contributed by atoms with Gasteiger partial charge >= 0.3 is 5.97 Å². The van der Waals surface area contributed by atoms with Crippen molar-refractivity contribution in [2.45, 2.75) is 32.2 Å². The Kier molecular flexibility index (Phi) is 8.78. The van der Waals surface area contributed by atoms with E-state index in [1.54, 1.807) is 0 Å². The molecule has 0 aliphatic rings. The molecule has 4 rings (SSSR count). The van der Waals surface area contributed by atoms with Gasteiger partial charge in [-0.25, -0.2) is 4.79 Å². The van der Waals surface area contributed by atoms with E-state index in [1.807, 2.05) is 54.6 Å². The van der Waals surface area contributed by atoms with E-state index < -0.39 is 19.1 Å². The minimum atomic E-state index is -2.58. The second-order valence-electron chi connectivity index (χ2n) is 9.08. The summed E-state index contributed by atoms with van der Waals surface area (Å²) in [5.41, 5.74) is 2.40. The van der Waals surface area contributed by atoms with Crippen LogP contribution in [0.15, 0.2) is 120 Å². The van der Waals surface area contributed by atoms with Crippen molar-refractivity contribution < 1.29 is 9.53 Å². The molecule has 4 heteroatoms. The average Bonchev–Trinajstić information content (AvgIpc) is 2.96. The van der Waals surface area contributed by atoms with Crippen molar-refractivity contribution in [3.63, 3.8) is 0 Å². The zero-order valence-electron chi connectivity index (χ0n) is 21.5. The molecule has 0 aromatic heterocycles. The number of carbonyl (C=O) groups excluding carboxylic acids is 1. The minimum Gasteiger partial charge on any atom is -0.467 e. The van der Waals surface area contributed by atoms with Gasteiger partial charge in [0.15, 0.2) is 0 Å². The highest BCUT2D eigenvalue weighted by atomic mass is 31.2. The number of nitrogens with zero attached hydrogens (tertiary/aromatic N) is 1. The predicted octanol–water partition coefficient (Wildman–Crippen LogP) is 6.08. The van der Waals surface area contributed by atoms with Crippen molar-refractivity contribution in [3.8, 4) is 11.8 Å². The molecular weight excluding hydrogens is 473 g/mol. The Hall–Kier alpha value is -3.86. The standard InChI is InChI=1S/C33H32NO2P/c1-26(2)28-24-22-27(23-25-28)14-13-21-32(33(35)36-3)34-37(29-15-7-4-8-16-29,30-17-9-5-10-18-30)31-19-11-6-12-20-31/h4-12,15-20,22-26,32H,14H2,1-3H3. The molecule has 0 saturated heterocycles. The van der Waals surface area contributed by atoms with Crippen LogP contribution in [-0.4, -0.2) is 19.1 Å². The molecule has 0 saturated carbocycles. The van der Waals surface area contributed by atoms with Crippen LogP contribution in [0.3, 0.4) is 0 Å². The Morgan fingerprint density at radius 2 is 1.22 bits per heavy atom. The number of rotatable bonds is 7. The second kappa shape index (κ2) is 12.4. The van der Waals surface area contributed by atoms with Crippen LogP contribution in [0.5, 0.6) is 0 Å². The number of esters is 1. The maximum atomic E-state index is 13.0. The van der Waals surface area contributed by atoms with Gasteiger partial charge in [-0.1, -0.05) is 141 Å². The SMILES string of the molecule is COC(=O)C(C#CCc1ccc(C(C)C)cc1)N=P(c1ccccc1)(c1ccccc1)c1ccccc1. The van der Waals surface area contributed by atoms with Crippen LogP contribution in [-0.2, 0) is 16.0 Å². The molecule has 4 aromatic rings. The molecule has 0 heterocycles. The van der Waals surface area contributed by atoms with Gasteiger partial charge in [-0.3, -0.25) is 4.74 Å². The molecule has 0 spiro atoms. The van der Waals surface area contributed by atoms with Crippen LogP contribution in [0.1, 0.15) is 30.9 Å². The van der Waals surface area contributed by atoms with Gasteiger partial charge in [0.1, 0.15) is 0 Å². The van der Waals surface area contributed by atoms with Gasteiger partial charge in [0.05, 0.1) is 14.2 Å². The number of carbonyl (C=O) groups is 1. The van der Waals surface area contributed by atoms with Crippen molar-refractivity contribution in [3.05, 3.63) is 126 Å². The molecule has 186 valence electrons. The summed E-state index contributed by atoms with van der Waals surface area (Å²) in [5, 5.41) is 3.19. The Bertz CT molecular complexity index is 1310. The van der Waals surface area contributed by atoms with Crippen molar-refractivity contribution >= 4 is 28.9 Å². The van der Waals surface area contributed by atoms with E-state index in [2.05, 4.69) is 86.4 Å². The lowest BCUT2D eigenvalue weighted by Crippen LogP contribution is -2.28. The Balaban J connectivity index is 1.87. The van der Waals surface area contributed by atoms with Crippen LogP contribution in [0.2, 0.25) is 0 Å². The molecule has 0 bridgehead atoms. The Morgan fingerprint density at radius 3 is 1.62 bits per heavy atom. The Labute approximate surface area is 220 Å². The fourth-order valence-corrected chi connectivity index (χ4v) is 7.87. The number of hydrogen-bond donors (Lipinski definition) is 0. The molecule has 0 aliphatic carbocycles. The zero-order chi connectivity index (χ0) is 26.1. The summed E-state index contributed by atoms with van der Waals surface area (Å²) in [4.78, 5) is 13.0. The molecule has 0 aliphatic heterocycles. The van der Waals surface area contributed by atoms with Gasteiger partial charge in [-0.15, -0.1) is 0 Å². The maximum Gasteiger partial charge on any atom is 0.343 e. The van der Waals surface area contributed by atoms with Gasteiger partial charge in [0, 0.05) is 22.3 Å². The fourth-order valence-electron chi connectivity index (χ4n) is 4.27. The quantitative estimate of drug-likeness (QED) is 0.174. The highest BCUT2D eigenvalue weighted by molar-refractivity contribution is 7.87. The maximum absolute atomic E-state index is 13.0. The third-order valence-electron chi connectivity index (χ3n) is 6.28. The number of methoxy groups -OCH3 is 1. The molecule has 0 amide bonds. The molecule has 4 aromatic carbocycles. The molecule has 1 atom stereocenters. The molecule has 37 heavy (non-hydrogen) atoms. The van der Waals surface area contributed by atoms with Crippen molar-refractivity contribution in [1.29, 1.82) is 0 Å². The summed E-state index contributed by atoms with van der Waals surface area (Å²) in [6, 6.07) is 38.2. The summed E-state index contributed by atoms with van der Waals surface area (Å²) in [6.45, 7) is 4.36. The van der Waals surface area contributed by atoms with Crippen LogP contribution >= 0.6 is 7.05 Å². The summed E-state index contributed by atoms with van der Waals surface area (Å²) < 4.78 is 10.5. The lowest BCUT2D eigenvalue weighted by molar-refractivity contribution is -0.140. The monoisotopic (exact) mass is 505 g/mol. The lowest BCUT2D eigenvalue weighted by Gasteiger charge is -2.28. The van der Waals surface area contributed by atoms with Gasteiger partial charge in [-0.05, 0) is 17.0 Å². The van der Waals surface area contributed by atoms with Crippen LogP contribution in [0, 0.1) is 11.8 Å². The number of benzene rings is 4. The van der Waals surface area contributed by atoms with E-state index in [9.17, 15) is 4.79 Å². The minimum absolute atomic E-state index is 0.449. The first-order chi connectivity index (χ1) is 18.0. The summed E-state index contributed by atoms with van der Waals surface area (Å²) in [5.74, 6) is 6.40. The van der Waals surface area contributed by atoms with Gasteiger partial charge in [-0.2, -0.15) is 0 Å². The molecule has 1 unspecified atom stereocenters. The number of hydrogen-bond acceptors (Lipinski definition) is 3. The van der Waals surface area contributed by atoms with E-state index in [0.29, 0.717) is 12.3 Å². The van der Waals surface area contributed by atoms with Gasteiger partial charge < -0.3 is 4.74 Å².